The van der Waals surface area contributed by atoms with Gasteiger partial charge in [0.15, 0.2) is 0 Å². The average molecular weight is 315 g/mol. The Morgan fingerprint density at radius 1 is 1.29 bits per heavy atom. The highest BCUT2D eigenvalue weighted by Gasteiger charge is 2.31. The molecule has 0 saturated carbocycles. The van der Waals surface area contributed by atoms with Crippen molar-refractivity contribution in [3.63, 3.8) is 0 Å². The summed E-state index contributed by atoms with van der Waals surface area (Å²) in [7, 11) is 0. The van der Waals surface area contributed by atoms with Crippen LogP contribution in [0, 0.1) is 11.3 Å². The van der Waals surface area contributed by atoms with Gasteiger partial charge in [-0.05, 0) is 18.2 Å². The first-order valence-corrected chi connectivity index (χ1v) is 7.81. The molecule has 0 radical (unpaired) electrons. The quantitative estimate of drug-likeness (QED) is 0.927. The molecular formula is C14H16F3N3S. The Bertz CT molecular complexity index is 519. The summed E-state index contributed by atoms with van der Waals surface area (Å²) >= 11 is 1.93. The van der Waals surface area contributed by atoms with Crippen LogP contribution in [0.3, 0.4) is 0 Å². The number of anilines is 1. The second-order valence-electron chi connectivity index (χ2n) is 4.75. The fraction of sp³-hybridized carbons (Fsp3) is 0.500. The van der Waals surface area contributed by atoms with Gasteiger partial charge in [0.05, 0.1) is 16.8 Å². The third kappa shape index (κ3) is 4.55. The molecule has 0 amide bonds. The zero-order valence-corrected chi connectivity index (χ0v) is 12.2. The molecule has 0 bridgehead atoms. The van der Waals surface area contributed by atoms with Crippen molar-refractivity contribution in [1.82, 2.24) is 4.90 Å². The lowest BCUT2D eigenvalue weighted by Crippen LogP contribution is -2.36. The molecule has 7 heteroatoms. The van der Waals surface area contributed by atoms with E-state index >= 15 is 0 Å². The topological polar surface area (TPSA) is 39.1 Å². The first kappa shape index (κ1) is 16.0. The molecule has 0 aliphatic carbocycles. The fourth-order valence-electron chi connectivity index (χ4n) is 2.14. The van der Waals surface area contributed by atoms with Gasteiger partial charge >= 0.3 is 6.18 Å². The number of alkyl halides is 3. The lowest BCUT2D eigenvalue weighted by molar-refractivity contribution is -0.137. The number of thioether (sulfide) groups is 1. The van der Waals surface area contributed by atoms with E-state index in [0.29, 0.717) is 12.2 Å². The third-order valence-corrected chi connectivity index (χ3v) is 4.26. The summed E-state index contributed by atoms with van der Waals surface area (Å²) in [5.41, 5.74) is -0.312. The van der Waals surface area contributed by atoms with Gasteiger partial charge in [0.2, 0.25) is 0 Å². The maximum atomic E-state index is 12.6. The summed E-state index contributed by atoms with van der Waals surface area (Å²) in [6.07, 6.45) is -4.42. The summed E-state index contributed by atoms with van der Waals surface area (Å²) in [5, 5.41) is 12.0. The van der Waals surface area contributed by atoms with Gasteiger partial charge in [-0.25, -0.2) is 0 Å². The van der Waals surface area contributed by atoms with E-state index in [1.807, 2.05) is 17.8 Å². The van der Waals surface area contributed by atoms with Crippen molar-refractivity contribution >= 4 is 17.4 Å². The second-order valence-corrected chi connectivity index (χ2v) is 5.98. The van der Waals surface area contributed by atoms with Crippen LogP contribution in [-0.4, -0.2) is 42.6 Å². The highest BCUT2D eigenvalue weighted by molar-refractivity contribution is 7.99. The standard InChI is InChI=1S/C14H16F3N3S/c15-14(16,17)12-1-2-13(11(9-12)10-18)19-3-4-20-5-7-21-8-6-20/h1-2,9,19H,3-8H2. The number of hydrogen-bond acceptors (Lipinski definition) is 4. The molecule has 1 aliphatic heterocycles. The minimum atomic E-state index is -4.42. The van der Waals surface area contributed by atoms with Crippen molar-refractivity contribution in [2.24, 2.45) is 0 Å². The molecule has 1 fully saturated rings. The number of nitrogens with one attached hydrogen (secondary N) is 1. The second kappa shape index (κ2) is 7.05. The van der Waals surface area contributed by atoms with Gasteiger partial charge in [0, 0.05) is 37.7 Å². The van der Waals surface area contributed by atoms with E-state index in [0.717, 1.165) is 43.3 Å². The van der Waals surface area contributed by atoms with Crippen molar-refractivity contribution in [2.75, 3.05) is 43.0 Å². The van der Waals surface area contributed by atoms with Crippen LogP contribution in [0.5, 0.6) is 0 Å². The molecule has 1 N–H and O–H groups in total. The van der Waals surface area contributed by atoms with Crippen LogP contribution in [0.4, 0.5) is 18.9 Å². The van der Waals surface area contributed by atoms with Gasteiger partial charge in [-0.3, -0.25) is 4.90 Å². The van der Waals surface area contributed by atoms with Gasteiger partial charge < -0.3 is 5.32 Å². The van der Waals surface area contributed by atoms with Gasteiger partial charge in [0.25, 0.3) is 0 Å². The molecule has 1 aromatic carbocycles. The maximum Gasteiger partial charge on any atom is 0.416 e. The summed E-state index contributed by atoms with van der Waals surface area (Å²) in [6.45, 7) is 3.51. The normalized spacial score (nSPS) is 16.5. The van der Waals surface area contributed by atoms with Crippen molar-refractivity contribution in [1.29, 1.82) is 5.26 Å². The first-order valence-electron chi connectivity index (χ1n) is 6.66. The Morgan fingerprint density at radius 3 is 2.62 bits per heavy atom. The van der Waals surface area contributed by atoms with E-state index in [4.69, 9.17) is 5.26 Å². The lowest BCUT2D eigenvalue weighted by atomic mass is 10.1. The Labute approximate surface area is 126 Å². The van der Waals surface area contributed by atoms with Crippen LogP contribution in [0.1, 0.15) is 11.1 Å². The Hall–Kier alpha value is -1.39. The number of nitriles is 1. The molecular weight excluding hydrogens is 299 g/mol. The summed E-state index contributed by atoms with van der Waals surface area (Å²) in [5.74, 6) is 2.23. The van der Waals surface area contributed by atoms with Crippen molar-refractivity contribution in [3.05, 3.63) is 29.3 Å². The molecule has 0 atom stereocenters. The minimum Gasteiger partial charge on any atom is -0.383 e. The lowest BCUT2D eigenvalue weighted by Gasteiger charge is -2.26. The summed E-state index contributed by atoms with van der Waals surface area (Å²) < 4.78 is 37.8. The van der Waals surface area contributed by atoms with Crippen molar-refractivity contribution in [3.8, 4) is 6.07 Å². The Kier molecular flexibility index (Phi) is 5.37. The van der Waals surface area contributed by atoms with Gasteiger partial charge in [-0.15, -0.1) is 0 Å². The number of rotatable bonds is 4. The largest absolute Gasteiger partial charge is 0.416 e. The highest BCUT2D eigenvalue weighted by atomic mass is 32.2. The molecule has 1 saturated heterocycles. The molecule has 1 aliphatic rings. The van der Waals surface area contributed by atoms with Gasteiger partial charge in [-0.1, -0.05) is 0 Å². The predicted molar refractivity (Wildman–Crippen MR) is 78.4 cm³/mol. The molecule has 0 unspecified atom stereocenters. The van der Waals surface area contributed by atoms with Gasteiger partial charge in [-0.2, -0.15) is 30.2 Å². The van der Waals surface area contributed by atoms with E-state index in [9.17, 15) is 13.2 Å². The number of halogens is 3. The minimum absolute atomic E-state index is 0.0269. The van der Waals surface area contributed by atoms with Crippen LogP contribution >= 0.6 is 11.8 Å². The SMILES string of the molecule is N#Cc1cc(C(F)(F)F)ccc1NCCN1CCSCC1. The van der Waals surface area contributed by atoms with Crippen LogP contribution in [0.25, 0.3) is 0 Å². The first-order chi connectivity index (χ1) is 10.0. The van der Waals surface area contributed by atoms with Crippen molar-refractivity contribution in [2.45, 2.75) is 6.18 Å². The highest BCUT2D eigenvalue weighted by Crippen LogP contribution is 2.31. The summed E-state index contributed by atoms with van der Waals surface area (Å²) in [4.78, 5) is 2.31. The predicted octanol–water partition coefficient (Wildman–Crippen LogP) is 3.04. The number of hydrogen-bond donors (Lipinski definition) is 1. The Balaban J connectivity index is 1.95. The van der Waals surface area contributed by atoms with E-state index in [2.05, 4.69) is 10.2 Å². The van der Waals surface area contributed by atoms with Crippen LogP contribution in [-0.2, 0) is 6.18 Å². The number of benzene rings is 1. The maximum absolute atomic E-state index is 12.6. The van der Waals surface area contributed by atoms with Gasteiger partial charge in [0.1, 0.15) is 6.07 Å². The number of nitrogens with zero attached hydrogens (tertiary/aromatic N) is 2. The zero-order chi connectivity index (χ0) is 15.3. The monoisotopic (exact) mass is 315 g/mol. The molecule has 114 valence electrons. The molecule has 3 nitrogen and oxygen atoms in total. The Morgan fingerprint density at radius 2 is 2.00 bits per heavy atom. The fourth-order valence-corrected chi connectivity index (χ4v) is 3.12. The van der Waals surface area contributed by atoms with E-state index in [-0.39, 0.29) is 5.56 Å². The van der Waals surface area contributed by atoms with Crippen molar-refractivity contribution < 1.29 is 13.2 Å². The smallest absolute Gasteiger partial charge is 0.383 e. The van der Waals surface area contributed by atoms with Crippen LogP contribution in [0.2, 0.25) is 0 Å². The molecule has 2 rings (SSSR count). The summed E-state index contributed by atoms with van der Waals surface area (Å²) in [6, 6.07) is 5.03. The molecule has 1 heterocycles. The van der Waals surface area contributed by atoms with Crippen LogP contribution in [0.15, 0.2) is 18.2 Å². The molecule has 1 aromatic rings. The zero-order valence-electron chi connectivity index (χ0n) is 11.4. The molecule has 0 aromatic heterocycles. The third-order valence-electron chi connectivity index (χ3n) is 3.31. The molecule has 0 spiro atoms. The van der Waals surface area contributed by atoms with Crippen LogP contribution < -0.4 is 5.32 Å². The average Bonchev–Trinajstić information content (AvgIpc) is 2.47. The van der Waals surface area contributed by atoms with E-state index in [1.165, 1.54) is 6.07 Å². The molecule has 21 heavy (non-hydrogen) atoms. The van der Waals surface area contributed by atoms with E-state index in [1.54, 1.807) is 0 Å². The van der Waals surface area contributed by atoms with E-state index < -0.39 is 11.7 Å².